The standard InChI is InChI=1S/C41H29N5O/c1-26-23-30(19-20-32(26)39(46-42)35-22-21-34-33-17-8-9-18-38(33)47-41(34)45-35)29-15-10-16-31(24-29)37-25-36(27-11-4-2-5-12-27)43-40(44-37)28-13-6-3-7-14-28/h2-25H,42H2,1H3/b46-39+. The van der Waals surface area contributed by atoms with Gasteiger partial charge in [-0.2, -0.15) is 5.10 Å². The number of hydrogen-bond donors (Lipinski definition) is 1. The summed E-state index contributed by atoms with van der Waals surface area (Å²) in [5, 5.41) is 6.16. The van der Waals surface area contributed by atoms with Gasteiger partial charge in [0.25, 0.3) is 0 Å². The Hall–Kier alpha value is -6.40. The minimum atomic E-state index is 0.562. The molecule has 5 aromatic carbocycles. The quantitative estimate of drug-likeness (QED) is 0.116. The zero-order valence-corrected chi connectivity index (χ0v) is 25.6. The first kappa shape index (κ1) is 28.1. The third-order valence-electron chi connectivity index (χ3n) is 8.42. The molecule has 47 heavy (non-hydrogen) atoms. The van der Waals surface area contributed by atoms with Crippen LogP contribution in [0.1, 0.15) is 16.8 Å². The molecule has 0 saturated heterocycles. The molecule has 0 amide bonds. The van der Waals surface area contributed by atoms with Gasteiger partial charge in [-0.15, -0.1) is 0 Å². The summed E-state index contributed by atoms with van der Waals surface area (Å²) < 4.78 is 6.03. The number of hydrogen-bond acceptors (Lipinski definition) is 6. The van der Waals surface area contributed by atoms with Crippen LogP contribution in [0.3, 0.4) is 0 Å². The maximum atomic E-state index is 6.03. The third-order valence-corrected chi connectivity index (χ3v) is 8.42. The predicted molar refractivity (Wildman–Crippen MR) is 190 cm³/mol. The highest BCUT2D eigenvalue weighted by atomic mass is 16.3. The minimum absolute atomic E-state index is 0.562. The van der Waals surface area contributed by atoms with E-state index < -0.39 is 0 Å². The van der Waals surface area contributed by atoms with Gasteiger partial charge in [0.2, 0.25) is 5.71 Å². The smallest absolute Gasteiger partial charge is 0.227 e. The minimum Gasteiger partial charge on any atom is -0.438 e. The highest BCUT2D eigenvalue weighted by Gasteiger charge is 2.16. The second kappa shape index (κ2) is 11.8. The van der Waals surface area contributed by atoms with Crippen LogP contribution in [-0.4, -0.2) is 20.7 Å². The molecule has 0 atom stereocenters. The number of para-hydroxylation sites is 1. The van der Waals surface area contributed by atoms with Crippen molar-refractivity contribution in [2.45, 2.75) is 6.92 Å². The maximum Gasteiger partial charge on any atom is 0.227 e. The summed E-state index contributed by atoms with van der Waals surface area (Å²) in [6.07, 6.45) is 0. The molecule has 2 N–H and O–H groups in total. The molecule has 0 bridgehead atoms. The van der Waals surface area contributed by atoms with Crippen molar-refractivity contribution in [3.8, 4) is 45.0 Å². The molecule has 0 aliphatic rings. The Morgan fingerprint density at radius 2 is 1.21 bits per heavy atom. The number of hydrazone groups is 1. The molecule has 0 aliphatic carbocycles. The summed E-state index contributed by atoms with van der Waals surface area (Å²) in [5.41, 5.74) is 11.5. The number of nitrogens with zero attached hydrogens (tertiary/aromatic N) is 4. The molecular weight excluding hydrogens is 578 g/mol. The van der Waals surface area contributed by atoms with E-state index in [9.17, 15) is 0 Å². The molecule has 0 unspecified atom stereocenters. The fraction of sp³-hybridized carbons (Fsp3) is 0.0244. The van der Waals surface area contributed by atoms with Gasteiger partial charge in [-0.05, 0) is 53.9 Å². The van der Waals surface area contributed by atoms with Crippen molar-refractivity contribution in [3.63, 3.8) is 0 Å². The first-order valence-corrected chi connectivity index (χ1v) is 15.4. The summed E-state index contributed by atoms with van der Waals surface area (Å²) in [5.74, 6) is 6.66. The summed E-state index contributed by atoms with van der Waals surface area (Å²) >= 11 is 0. The first-order chi connectivity index (χ1) is 23.1. The molecule has 0 saturated carbocycles. The molecule has 6 heteroatoms. The normalized spacial score (nSPS) is 11.7. The Bertz CT molecular complexity index is 2370. The summed E-state index contributed by atoms with van der Waals surface area (Å²) in [6.45, 7) is 2.07. The Morgan fingerprint density at radius 1 is 0.553 bits per heavy atom. The second-order valence-corrected chi connectivity index (χ2v) is 11.4. The summed E-state index contributed by atoms with van der Waals surface area (Å²) in [6, 6.07) is 49.0. The molecular formula is C41H29N5O. The van der Waals surface area contributed by atoms with Crippen LogP contribution in [0.2, 0.25) is 0 Å². The monoisotopic (exact) mass is 607 g/mol. The van der Waals surface area contributed by atoms with Crippen molar-refractivity contribution in [2.24, 2.45) is 10.9 Å². The van der Waals surface area contributed by atoms with Gasteiger partial charge in [0, 0.05) is 33.0 Å². The second-order valence-electron chi connectivity index (χ2n) is 11.4. The number of benzene rings is 5. The van der Waals surface area contributed by atoms with E-state index in [1.807, 2.05) is 84.9 Å². The fourth-order valence-corrected chi connectivity index (χ4v) is 6.05. The Morgan fingerprint density at radius 3 is 1.98 bits per heavy atom. The lowest BCUT2D eigenvalue weighted by Gasteiger charge is -2.12. The van der Waals surface area contributed by atoms with Gasteiger partial charge in [0.05, 0.1) is 17.1 Å². The van der Waals surface area contributed by atoms with Crippen molar-refractivity contribution in [2.75, 3.05) is 0 Å². The zero-order chi connectivity index (χ0) is 31.7. The van der Waals surface area contributed by atoms with Crippen LogP contribution >= 0.6 is 0 Å². The average Bonchev–Trinajstić information content (AvgIpc) is 3.51. The molecule has 8 rings (SSSR count). The van der Waals surface area contributed by atoms with Crippen LogP contribution in [0.15, 0.2) is 155 Å². The van der Waals surface area contributed by atoms with Crippen LogP contribution in [0.5, 0.6) is 0 Å². The Labute approximate surface area is 271 Å². The van der Waals surface area contributed by atoms with E-state index >= 15 is 0 Å². The summed E-state index contributed by atoms with van der Waals surface area (Å²) in [7, 11) is 0. The van der Waals surface area contributed by atoms with Gasteiger partial charge in [0.15, 0.2) is 5.82 Å². The van der Waals surface area contributed by atoms with Gasteiger partial charge in [-0.3, -0.25) is 0 Å². The van der Waals surface area contributed by atoms with Crippen LogP contribution < -0.4 is 5.84 Å². The van der Waals surface area contributed by atoms with Gasteiger partial charge >= 0.3 is 0 Å². The highest BCUT2D eigenvalue weighted by Crippen LogP contribution is 2.32. The lowest BCUT2D eigenvalue weighted by Crippen LogP contribution is -2.10. The van der Waals surface area contributed by atoms with Crippen molar-refractivity contribution in [1.82, 2.24) is 15.0 Å². The van der Waals surface area contributed by atoms with Crippen LogP contribution in [-0.2, 0) is 0 Å². The number of pyridine rings is 1. The average molecular weight is 608 g/mol. The van der Waals surface area contributed by atoms with Gasteiger partial charge in [-0.25, -0.2) is 15.0 Å². The molecule has 8 aromatic rings. The first-order valence-electron chi connectivity index (χ1n) is 15.4. The lowest BCUT2D eigenvalue weighted by atomic mass is 9.95. The van der Waals surface area contributed by atoms with Crippen LogP contribution in [0.25, 0.3) is 67.1 Å². The van der Waals surface area contributed by atoms with E-state index in [0.29, 0.717) is 22.9 Å². The van der Waals surface area contributed by atoms with E-state index in [2.05, 4.69) is 72.7 Å². The third kappa shape index (κ3) is 5.32. The van der Waals surface area contributed by atoms with E-state index in [4.69, 9.17) is 25.2 Å². The predicted octanol–water partition coefficient (Wildman–Crippen LogP) is 9.46. The molecule has 0 aliphatic heterocycles. The fourth-order valence-electron chi connectivity index (χ4n) is 6.05. The molecule has 0 fully saturated rings. The zero-order valence-electron chi connectivity index (χ0n) is 25.6. The van der Waals surface area contributed by atoms with Gasteiger partial charge in [-0.1, -0.05) is 115 Å². The van der Waals surface area contributed by atoms with E-state index in [0.717, 1.165) is 66.7 Å². The van der Waals surface area contributed by atoms with Crippen molar-refractivity contribution in [3.05, 3.63) is 162 Å². The number of aromatic nitrogens is 3. The number of nitrogens with two attached hydrogens (primary N) is 1. The SMILES string of the molecule is Cc1cc(-c2cccc(-c3cc(-c4ccccc4)nc(-c4ccccc4)n3)c2)ccc1/C(=N\N)c1ccc2c(n1)oc1ccccc12. The van der Waals surface area contributed by atoms with Crippen molar-refractivity contribution < 1.29 is 4.42 Å². The lowest BCUT2D eigenvalue weighted by molar-refractivity contribution is 0.653. The van der Waals surface area contributed by atoms with Crippen LogP contribution in [0.4, 0.5) is 0 Å². The van der Waals surface area contributed by atoms with Crippen LogP contribution in [0, 0.1) is 6.92 Å². The molecule has 6 nitrogen and oxygen atoms in total. The highest BCUT2D eigenvalue weighted by molar-refractivity contribution is 6.14. The number of aryl methyl sites for hydroxylation is 1. The Kier molecular flexibility index (Phi) is 7.08. The molecule has 0 spiro atoms. The summed E-state index contributed by atoms with van der Waals surface area (Å²) in [4.78, 5) is 14.7. The topological polar surface area (TPSA) is 90.2 Å². The molecule has 224 valence electrons. The molecule has 0 radical (unpaired) electrons. The van der Waals surface area contributed by atoms with Crippen molar-refractivity contribution >= 4 is 27.8 Å². The van der Waals surface area contributed by atoms with Gasteiger partial charge < -0.3 is 10.3 Å². The van der Waals surface area contributed by atoms with E-state index in [1.165, 1.54) is 0 Å². The molecule has 3 aromatic heterocycles. The molecule has 3 heterocycles. The maximum absolute atomic E-state index is 6.03. The van der Waals surface area contributed by atoms with E-state index in [1.54, 1.807) is 0 Å². The number of rotatable bonds is 6. The van der Waals surface area contributed by atoms with Gasteiger partial charge in [0.1, 0.15) is 11.3 Å². The largest absolute Gasteiger partial charge is 0.438 e. The van der Waals surface area contributed by atoms with E-state index in [-0.39, 0.29) is 0 Å². The van der Waals surface area contributed by atoms with Crippen molar-refractivity contribution in [1.29, 1.82) is 0 Å². The number of furan rings is 1. The number of fused-ring (bicyclic) bond motifs is 3. The Balaban J connectivity index is 1.15.